The van der Waals surface area contributed by atoms with Gasteiger partial charge in [-0.05, 0) is 13.8 Å². The van der Waals surface area contributed by atoms with E-state index >= 15 is 0 Å². The van der Waals surface area contributed by atoms with Crippen molar-refractivity contribution in [2.45, 2.75) is 20.4 Å². The van der Waals surface area contributed by atoms with Crippen LogP contribution in [-0.2, 0) is 6.54 Å². The first-order chi connectivity index (χ1) is 8.97. The fraction of sp³-hybridized carbons (Fsp3) is 0.273. The van der Waals surface area contributed by atoms with Gasteiger partial charge in [-0.15, -0.1) is 0 Å². The quantitative estimate of drug-likeness (QED) is 0.843. The van der Waals surface area contributed by atoms with Crippen LogP contribution in [0.4, 0.5) is 0 Å². The average Bonchev–Trinajstić information content (AvgIpc) is 2.95. The van der Waals surface area contributed by atoms with Gasteiger partial charge in [0.2, 0.25) is 11.7 Å². The molecule has 0 aromatic carbocycles. The number of oxazole rings is 1. The molecule has 1 amide bonds. The number of carboxylic acid groups (broad SMARTS) is 1. The van der Waals surface area contributed by atoms with E-state index in [1.165, 1.54) is 0 Å². The molecule has 100 valence electrons. The molecule has 0 radical (unpaired) electrons. The summed E-state index contributed by atoms with van der Waals surface area (Å²) >= 11 is 0. The zero-order chi connectivity index (χ0) is 14.0. The Balaban J connectivity index is 1.99. The molecule has 0 atom stereocenters. The lowest BCUT2D eigenvalue weighted by atomic mass is 10.3. The van der Waals surface area contributed by atoms with Crippen molar-refractivity contribution >= 4 is 11.9 Å². The number of carboxylic acids is 1. The summed E-state index contributed by atoms with van der Waals surface area (Å²) in [6, 6.07) is 1.05. The summed E-state index contributed by atoms with van der Waals surface area (Å²) in [7, 11) is 0. The third-order valence-electron chi connectivity index (χ3n) is 2.43. The van der Waals surface area contributed by atoms with Gasteiger partial charge in [0.1, 0.15) is 5.76 Å². The SMILES string of the molecule is Cc1nc(CNC(=O)c2cc(C(=O)O)on2)oc1C. The number of carbonyl (C=O) groups excluding carboxylic acids is 1. The number of aromatic carboxylic acids is 1. The molecule has 0 aliphatic carbocycles. The standard InChI is InChI=1S/C11H11N3O5/c1-5-6(2)18-9(13-5)4-12-10(15)7-3-8(11(16)17)19-14-7/h3H,4H2,1-2H3,(H,12,15)(H,16,17). The number of nitrogens with one attached hydrogen (secondary N) is 1. The predicted octanol–water partition coefficient (Wildman–Crippen LogP) is 0.908. The van der Waals surface area contributed by atoms with E-state index < -0.39 is 17.6 Å². The van der Waals surface area contributed by atoms with E-state index in [9.17, 15) is 9.59 Å². The number of rotatable bonds is 4. The highest BCUT2D eigenvalue weighted by Gasteiger charge is 2.17. The number of carbonyl (C=O) groups is 2. The lowest BCUT2D eigenvalue weighted by molar-refractivity contribution is 0.0651. The minimum Gasteiger partial charge on any atom is -0.475 e. The Morgan fingerprint density at radius 2 is 2.16 bits per heavy atom. The van der Waals surface area contributed by atoms with Crippen molar-refractivity contribution in [3.05, 3.63) is 34.9 Å². The summed E-state index contributed by atoms with van der Waals surface area (Å²) in [6.45, 7) is 3.65. The maximum Gasteiger partial charge on any atom is 0.374 e. The Morgan fingerprint density at radius 3 is 2.68 bits per heavy atom. The molecule has 0 bridgehead atoms. The molecule has 0 saturated carbocycles. The first-order valence-electron chi connectivity index (χ1n) is 5.38. The number of hydrogen-bond donors (Lipinski definition) is 2. The second kappa shape index (κ2) is 4.92. The molecule has 2 heterocycles. The van der Waals surface area contributed by atoms with E-state index in [4.69, 9.17) is 9.52 Å². The molecule has 8 nitrogen and oxygen atoms in total. The van der Waals surface area contributed by atoms with E-state index in [0.717, 1.165) is 11.8 Å². The van der Waals surface area contributed by atoms with Gasteiger partial charge < -0.3 is 19.4 Å². The van der Waals surface area contributed by atoms with Gasteiger partial charge in [0.25, 0.3) is 5.91 Å². The van der Waals surface area contributed by atoms with Crippen LogP contribution in [0.25, 0.3) is 0 Å². The number of nitrogens with zero attached hydrogens (tertiary/aromatic N) is 2. The summed E-state index contributed by atoms with van der Waals surface area (Å²) < 4.78 is 9.75. The van der Waals surface area contributed by atoms with Crippen LogP contribution >= 0.6 is 0 Å². The van der Waals surface area contributed by atoms with E-state index in [1.54, 1.807) is 13.8 Å². The summed E-state index contributed by atoms with van der Waals surface area (Å²) in [5, 5.41) is 14.5. The Kier molecular flexibility index (Phi) is 3.32. The predicted molar refractivity (Wildman–Crippen MR) is 60.6 cm³/mol. The number of hydrogen-bond acceptors (Lipinski definition) is 6. The molecule has 8 heteroatoms. The van der Waals surface area contributed by atoms with Crippen molar-refractivity contribution in [2.75, 3.05) is 0 Å². The summed E-state index contributed by atoms with van der Waals surface area (Å²) in [4.78, 5) is 26.3. The molecule has 0 unspecified atom stereocenters. The minimum atomic E-state index is -1.29. The molecule has 2 N–H and O–H groups in total. The normalized spacial score (nSPS) is 10.4. The van der Waals surface area contributed by atoms with Crippen LogP contribution in [0.15, 0.2) is 15.0 Å². The third kappa shape index (κ3) is 2.79. The Labute approximate surface area is 107 Å². The molecule has 0 aliphatic heterocycles. The lowest BCUT2D eigenvalue weighted by Gasteiger charge is -1.97. The fourth-order valence-corrected chi connectivity index (χ4v) is 1.34. The van der Waals surface area contributed by atoms with Crippen molar-refractivity contribution in [1.82, 2.24) is 15.5 Å². The maximum atomic E-state index is 11.6. The van der Waals surface area contributed by atoms with Crippen molar-refractivity contribution in [3.63, 3.8) is 0 Å². The van der Waals surface area contributed by atoms with Crippen LogP contribution in [0.2, 0.25) is 0 Å². The van der Waals surface area contributed by atoms with Crippen molar-refractivity contribution in [3.8, 4) is 0 Å². The van der Waals surface area contributed by atoms with E-state index in [0.29, 0.717) is 11.7 Å². The van der Waals surface area contributed by atoms with Gasteiger partial charge in [0.05, 0.1) is 12.2 Å². The van der Waals surface area contributed by atoms with E-state index in [2.05, 4.69) is 20.0 Å². The second-order valence-corrected chi connectivity index (χ2v) is 3.81. The molecule has 2 aromatic heterocycles. The molecule has 0 aliphatic rings. The molecule has 0 fully saturated rings. The Hall–Kier alpha value is -2.64. The average molecular weight is 265 g/mol. The van der Waals surface area contributed by atoms with E-state index in [-0.39, 0.29) is 12.2 Å². The van der Waals surface area contributed by atoms with Gasteiger partial charge in [-0.1, -0.05) is 5.16 Å². The summed E-state index contributed by atoms with van der Waals surface area (Å²) in [5.41, 5.74) is 0.635. The minimum absolute atomic E-state index is 0.0861. The van der Waals surface area contributed by atoms with Crippen LogP contribution in [0, 0.1) is 13.8 Å². The highest BCUT2D eigenvalue weighted by Crippen LogP contribution is 2.08. The van der Waals surface area contributed by atoms with Gasteiger partial charge in [0, 0.05) is 6.07 Å². The highest BCUT2D eigenvalue weighted by atomic mass is 16.5. The second-order valence-electron chi connectivity index (χ2n) is 3.81. The molecule has 2 rings (SSSR count). The zero-order valence-electron chi connectivity index (χ0n) is 10.3. The Morgan fingerprint density at radius 1 is 1.42 bits per heavy atom. The molecule has 0 spiro atoms. The highest BCUT2D eigenvalue weighted by molar-refractivity contribution is 5.94. The Bertz CT molecular complexity index is 609. The van der Waals surface area contributed by atoms with Crippen molar-refractivity contribution in [1.29, 1.82) is 0 Å². The molecule has 19 heavy (non-hydrogen) atoms. The first kappa shape index (κ1) is 12.8. The van der Waals surface area contributed by atoms with Gasteiger partial charge >= 0.3 is 5.97 Å². The lowest BCUT2D eigenvalue weighted by Crippen LogP contribution is -2.23. The number of amides is 1. The first-order valence-corrected chi connectivity index (χ1v) is 5.38. The summed E-state index contributed by atoms with van der Waals surface area (Å²) in [5.74, 6) is -1.20. The monoisotopic (exact) mass is 265 g/mol. The molecular weight excluding hydrogens is 254 g/mol. The van der Waals surface area contributed by atoms with Crippen LogP contribution in [0.3, 0.4) is 0 Å². The van der Waals surface area contributed by atoms with Gasteiger partial charge in [-0.25, -0.2) is 9.78 Å². The fourth-order valence-electron chi connectivity index (χ4n) is 1.34. The van der Waals surface area contributed by atoms with Crippen LogP contribution in [-0.4, -0.2) is 27.1 Å². The van der Waals surface area contributed by atoms with Crippen LogP contribution in [0.1, 0.15) is 38.4 Å². The summed E-state index contributed by atoms with van der Waals surface area (Å²) in [6.07, 6.45) is 0. The van der Waals surface area contributed by atoms with Crippen LogP contribution < -0.4 is 5.32 Å². The smallest absolute Gasteiger partial charge is 0.374 e. The molecular formula is C11H11N3O5. The molecule has 0 saturated heterocycles. The number of aromatic nitrogens is 2. The maximum absolute atomic E-state index is 11.6. The van der Waals surface area contributed by atoms with Gasteiger partial charge in [-0.3, -0.25) is 4.79 Å². The van der Waals surface area contributed by atoms with Gasteiger partial charge in [-0.2, -0.15) is 0 Å². The van der Waals surface area contributed by atoms with E-state index in [1.807, 2.05) is 0 Å². The third-order valence-corrected chi connectivity index (χ3v) is 2.43. The van der Waals surface area contributed by atoms with Crippen molar-refractivity contribution < 1.29 is 23.6 Å². The van der Waals surface area contributed by atoms with Gasteiger partial charge in [0.15, 0.2) is 5.69 Å². The molecule has 2 aromatic rings. The topological polar surface area (TPSA) is 118 Å². The largest absolute Gasteiger partial charge is 0.475 e. The zero-order valence-corrected chi connectivity index (χ0v) is 10.3. The van der Waals surface area contributed by atoms with Crippen molar-refractivity contribution in [2.24, 2.45) is 0 Å². The van der Waals surface area contributed by atoms with Crippen LogP contribution in [0.5, 0.6) is 0 Å². The number of aryl methyl sites for hydroxylation is 2.